The first-order chi connectivity index (χ1) is 12.8. The smallest absolute Gasteiger partial charge is 0.306 e. The van der Waals surface area contributed by atoms with Crippen LogP contribution in [-0.4, -0.2) is 47.3 Å². The van der Waals surface area contributed by atoms with Crippen LogP contribution in [0, 0.1) is 11.8 Å². The zero-order chi connectivity index (χ0) is 21.3. The second-order valence-electron chi connectivity index (χ2n) is 10.3. The highest BCUT2D eigenvalue weighted by Crippen LogP contribution is 2.30. The molecule has 0 aliphatic carbocycles. The Hall–Kier alpha value is -1.14. The van der Waals surface area contributed by atoms with Gasteiger partial charge in [-0.15, -0.1) is 0 Å². The monoisotopic (exact) mass is 396 g/mol. The number of ether oxygens (including phenoxy) is 2. The summed E-state index contributed by atoms with van der Waals surface area (Å²) in [6.07, 6.45) is 1.44. The largest absolute Gasteiger partial charge is 0.462 e. The van der Waals surface area contributed by atoms with Crippen LogP contribution in [0.1, 0.15) is 81.1 Å². The van der Waals surface area contributed by atoms with Gasteiger partial charge < -0.3 is 20.1 Å². The fraction of sp³-hybridized carbons (Fsp3) is 0.909. The Morgan fingerprint density at radius 2 is 1.07 bits per heavy atom. The molecule has 2 saturated heterocycles. The average Bonchev–Trinajstić information content (AvgIpc) is 2.53. The average molecular weight is 397 g/mol. The fourth-order valence-corrected chi connectivity index (χ4v) is 4.59. The molecule has 0 bridgehead atoms. The van der Waals surface area contributed by atoms with E-state index in [1.165, 1.54) is 0 Å². The maximum atomic E-state index is 12.3. The third-order valence-electron chi connectivity index (χ3n) is 6.51. The molecule has 0 aromatic rings. The number of nitrogens with one attached hydrogen (secondary N) is 2. The summed E-state index contributed by atoms with van der Waals surface area (Å²) in [4.78, 5) is 24.7. The molecule has 6 atom stereocenters. The lowest BCUT2D eigenvalue weighted by Crippen LogP contribution is -2.58. The van der Waals surface area contributed by atoms with Crippen molar-refractivity contribution in [2.45, 2.75) is 116 Å². The summed E-state index contributed by atoms with van der Waals surface area (Å²) in [5.41, 5.74) is -0.130. The normalized spacial score (nSPS) is 37.1. The summed E-state index contributed by atoms with van der Waals surface area (Å²) in [5.74, 6) is -0.150. The summed E-state index contributed by atoms with van der Waals surface area (Å²) in [6.45, 7) is 16.9. The lowest BCUT2D eigenvalue weighted by atomic mass is 9.81. The third kappa shape index (κ3) is 6.18. The van der Waals surface area contributed by atoms with Crippen LogP contribution in [0.3, 0.4) is 0 Å². The third-order valence-corrected chi connectivity index (χ3v) is 6.51. The highest BCUT2D eigenvalue weighted by molar-refractivity contribution is 5.77. The van der Waals surface area contributed by atoms with Gasteiger partial charge in [0.1, 0.15) is 12.2 Å². The van der Waals surface area contributed by atoms with Crippen LogP contribution in [0.2, 0.25) is 0 Å². The van der Waals surface area contributed by atoms with Crippen LogP contribution in [0.25, 0.3) is 0 Å². The van der Waals surface area contributed by atoms with E-state index in [2.05, 4.69) is 66.0 Å². The van der Waals surface area contributed by atoms with E-state index in [0.717, 1.165) is 12.8 Å². The second-order valence-corrected chi connectivity index (χ2v) is 10.3. The lowest BCUT2D eigenvalue weighted by Gasteiger charge is -2.44. The van der Waals surface area contributed by atoms with E-state index in [4.69, 9.17) is 9.47 Å². The van der Waals surface area contributed by atoms with Gasteiger partial charge in [0.25, 0.3) is 0 Å². The van der Waals surface area contributed by atoms with E-state index in [9.17, 15) is 9.59 Å². The summed E-state index contributed by atoms with van der Waals surface area (Å²) >= 11 is 0. The van der Waals surface area contributed by atoms with Crippen LogP contribution in [0.4, 0.5) is 0 Å². The van der Waals surface area contributed by atoms with Crippen LogP contribution < -0.4 is 10.6 Å². The van der Waals surface area contributed by atoms with E-state index in [1.54, 1.807) is 0 Å². The maximum absolute atomic E-state index is 12.3. The molecule has 2 heterocycles. The first-order valence-corrected chi connectivity index (χ1v) is 10.7. The highest BCUT2D eigenvalue weighted by Gasteiger charge is 2.40. The number of esters is 2. The minimum absolute atomic E-state index is 0.0650. The van der Waals surface area contributed by atoms with Gasteiger partial charge in [-0.25, -0.2) is 0 Å². The van der Waals surface area contributed by atoms with Gasteiger partial charge in [-0.2, -0.15) is 0 Å². The summed E-state index contributed by atoms with van der Waals surface area (Å²) in [6, 6.07) is 0.552. The standard InChI is InChI=1S/C22H40N2O4/c1-13-15(3)23-21(5,6)11-17(13)27-19(25)9-10-20(26)28-18-12-22(7,8)24-16(4)14(18)2/h13-18,23-24H,9-12H2,1-8H3. The van der Waals surface area contributed by atoms with E-state index in [1.807, 2.05) is 0 Å². The highest BCUT2D eigenvalue weighted by atomic mass is 16.6. The molecule has 162 valence electrons. The predicted octanol–water partition coefficient (Wildman–Crippen LogP) is 3.18. The molecule has 2 aliphatic rings. The molecule has 6 heteroatoms. The molecule has 0 aromatic carbocycles. The van der Waals surface area contributed by atoms with Crippen molar-refractivity contribution in [2.75, 3.05) is 0 Å². The lowest BCUT2D eigenvalue weighted by molar-refractivity contribution is -0.162. The van der Waals surface area contributed by atoms with E-state index < -0.39 is 0 Å². The van der Waals surface area contributed by atoms with Crippen LogP contribution in [-0.2, 0) is 19.1 Å². The molecule has 0 aromatic heterocycles. The van der Waals surface area contributed by atoms with Gasteiger partial charge in [0, 0.05) is 47.8 Å². The van der Waals surface area contributed by atoms with Crippen molar-refractivity contribution in [1.29, 1.82) is 0 Å². The Balaban J connectivity index is 1.81. The van der Waals surface area contributed by atoms with Crippen LogP contribution in [0.5, 0.6) is 0 Å². The van der Waals surface area contributed by atoms with E-state index in [0.29, 0.717) is 0 Å². The summed E-state index contributed by atoms with van der Waals surface area (Å²) in [7, 11) is 0. The van der Waals surface area contributed by atoms with Gasteiger partial charge in [0.15, 0.2) is 0 Å². The van der Waals surface area contributed by atoms with Crippen molar-refractivity contribution in [3.05, 3.63) is 0 Å². The van der Waals surface area contributed by atoms with E-state index >= 15 is 0 Å². The number of hydrogen-bond acceptors (Lipinski definition) is 6. The quantitative estimate of drug-likeness (QED) is 0.695. The Morgan fingerprint density at radius 3 is 1.39 bits per heavy atom. The molecule has 0 saturated carbocycles. The van der Waals surface area contributed by atoms with Gasteiger partial charge in [0.05, 0.1) is 12.8 Å². The molecule has 2 fully saturated rings. The predicted molar refractivity (Wildman–Crippen MR) is 110 cm³/mol. The molecular weight excluding hydrogens is 356 g/mol. The molecule has 2 N–H and O–H groups in total. The van der Waals surface area contributed by atoms with E-state index in [-0.39, 0.29) is 72.0 Å². The van der Waals surface area contributed by atoms with Gasteiger partial charge in [-0.05, 0) is 41.5 Å². The fourth-order valence-electron chi connectivity index (χ4n) is 4.59. The Bertz CT molecular complexity index is 525. The summed E-state index contributed by atoms with van der Waals surface area (Å²) < 4.78 is 11.4. The number of carbonyl (C=O) groups is 2. The minimum Gasteiger partial charge on any atom is -0.462 e. The maximum Gasteiger partial charge on any atom is 0.306 e. The topological polar surface area (TPSA) is 76.7 Å². The molecule has 0 amide bonds. The minimum atomic E-state index is -0.314. The molecule has 6 nitrogen and oxygen atoms in total. The molecular formula is C22H40N2O4. The number of rotatable bonds is 5. The number of carbonyl (C=O) groups excluding carboxylic acids is 2. The van der Waals surface area contributed by atoms with Gasteiger partial charge in [-0.3, -0.25) is 9.59 Å². The molecule has 0 spiro atoms. The van der Waals surface area contributed by atoms with Crippen molar-refractivity contribution < 1.29 is 19.1 Å². The zero-order valence-electron chi connectivity index (χ0n) is 18.9. The number of piperidine rings is 2. The van der Waals surface area contributed by atoms with Crippen LogP contribution in [0.15, 0.2) is 0 Å². The van der Waals surface area contributed by atoms with Crippen molar-refractivity contribution in [2.24, 2.45) is 11.8 Å². The molecule has 6 unspecified atom stereocenters. The first-order valence-electron chi connectivity index (χ1n) is 10.7. The summed E-state index contributed by atoms with van der Waals surface area (Å²) in [5, 5.41) is 7.10. The zero-order valence-corrected chi connectivity index (χ0v) is 18.9. The Labute approximate surface area is 170 Å². The molecule has 0 radical (unpaired) electrons. The van der Waals surface area contributed by atoms with Crippen molar-refractivity contribution >= 4 is 11.9 Å². The van der Waals surface area contributed by atoms with Crippen molar-refractivity contribution in [3.63, 3.8) is 0 Å². The van der Waals surface area contributed by atoms with Crippen LogP contribution >= 0.6 is 0 Å². The molecule has 2 rings (SSSR count). The number of hydrogen-bond donors (Lipinski definition) is 2. The van der Waals surface area contributed by atoms with Gasteiger partial charge in [0.2, 0.25) is 0 Å². The van der Waals surface area contributed by atoms with Crippen molar-refractivity contribution in [3.8, 4) is 0 Å². The first kappa shape index (κ1) is 23.1. The Morgan fingerprint density at radius 1 is 0.750 bits per heavy atom. The SMILES string of the molecule is CC1NC(C)(C)CC(OC(=O)CCC(=O)OC2CC(C)(C)NC(C)C2C)C1C. The molecule has 2 aliphatic heterocycles. The van der Waals surface area contributed by atoms with Crippen molar-refractivity contribution in [1.82, 2.24) is 10.6 Å². The van der Waals surface area contributed by atoms with Gasteiger partial charge >= 0.3 is 11.9 Å². The molecule has 28 heavy (non-hydrogen) atoms. The Kier molecular flexibility index (Phi) is 7.19. The second kappa shape index (κ2) is 8.70. The van der Waals surface area contributed by atoms with Gasteiger partial charge in [-0.1, -0.05) is 13.8 Å².